The van der Waals surface area contributed by atoms with Gasteiger partial charge in [0.15, 0.2) is 0 Å². The molecule has 86 valence electrons. The van der Waals surface area contributed by atoms with Crippen molar-refractivity contribution >= 4 is 0 Å². The molecule has 0 saturated heterocycles. The van der Waals surface area contributed by atoms with Crippen molar-refractivity contribution in [2.45, 2.75) is 53.9 Å². The first kappa shape index (κ1) is 14.2. The normalized spacial score (nSPS) is 15.3. The van der Waals surface area contributed by atoms with Gasteiger partial charge in [-0.25, -0.2) is 0 Å². The molecule has 0 bridgehead atoms. The summed E-state index contributed by atoms with van der Waals surface area (Å²) in [4.78, 5) is 0. The molecule has 0 N–H and O–H groups in total. The van der Waals surface area contributed by atoms with Crippen LogP contribution in [0.3, 0.4) is 0 Å². The van der Waals surface area contributed by atoms with E-state index in [0.29, 0.717) is 5.92 Å². The standard InChI is InChI=1S/C15H26/c1-7-10-13(6)15(11-12(4)5)14(8-2)9-3/h8,11,13H,4,7,9-10H2,1-3,5-6H3/b14-8-,15-11-. The van der Waals surface area contributed by atoms with Crippen LogP contribution in [0.4, 0.5) is 0 Å². The Morgan fingerprint density at radius 3 is 2.27 bits per heavy atom. The zero-order valence-electron chi connectivity index (χ0n) is 11.1. The van der Waals surface area contributed by atoms with Crippen molar-refractivity contribution in [1.29, 1.82) is 0 Å². The maximum atomic E-state index is 3.98. The molecule has 0 radical (unpaired) electrons. The number of hydrogen-bond donors (Lipinski definition) is 0. The summed E-state index contributed by atoms with van der Waals surface area (Å²) in [7, 11) is 0. The van der Waals surface area contributed by atoms with E-state index in [-0.39, 0.29) is 0 Å². The van der Waals surface area contributed by atoms with Gasteiger partial charge in [-0.1, -0.05) is 51.5 Å². The van der Waals surface area contributed by atoms with Crippen molar-refractivity contribution < 1.29 is 0 Å². The summed E-state index contributed by atoms with van der Waals surface area (Å²) in [6.45, 7) is 15.0. The summed E-state index contributed by atoms with van der Waals surface area (Å²) < 4.78 is 0. The van der Waals surface area contributed by atoms with Crippen LogP contribution in [0.5, 0.6) is 0 Å². The van der Waals surface area contributed by atoms with Crippen molar-refractivity contribution in [2.75, 3.05) is 0 Å². The third-order valence-corrected chi connectivity index (χ3v) is 2.75. The first-order valence-corrected chi connectivity index (χ1v) is 6.09. The zero-order chi connectivity index (χ0) is 11.8. The van der Waals surface area contributed by atoms with Gasteiger partial charge in [-0.15, -0.1) is 0 Å². The second kappa shape index (κ2) is 7.50. The lowest BCUT2D eigenvalue weighted by atomic mass is 9.88. The van der Waals surface area contributed by atoms with Crippen LogP contribution in [0.15, 0.2) is 35.5 Å². The van der Waals surface area contributed by atoms with Gasteiger partial charge in [-0.05, 0) is 43.8 Å². The molecule has 0 aromatic rings. The first-order valence-electron chi connectivity index (χ1n) is 6.09. The van der Waals surface area contributed by atoms with E-state index >= 15 is 0 Å². The topological polar surface area (TPSA) is 0 Å². The fraction of sp³-hybridized carbons (Fsp3) is 0.600. The van der Waals surface area contributed by atoms with Crippen molar-refractivity contribution in [3.63, 3.8) is 0 Å². The second-order valence-corrected chi connectivity index (χ2v) is 4.30. The lowest BCUT2D eigenvalue weighted by Gasteiger charge is -2.18. The summed E-state index contributed by atoms with van der Waals surface area (Å²) in [6, 6.07) is 0. The summed E-state index contributed by atoms with van der Waals surface area (Å²) in [5.41, 5.74) is 4.11. The predicted molar refractivity (Wildman–Crippen MR) is 71.0 cm³/mol. The highest BCUT2D eigenvalue weighted by Gasteiger charge is 2.10. The van der Waals surface area contributed by atoms with E-state index in [1.165, 1.54) is 24.0 Å². The minimum Gasteiger partial charge on any atom is -0.0961 e. The average molecular weight is 206 g/mol. The lowest BCUT2D eigenvalue weighted by Crippen LogP contribution is -2.02. The monoisotopic (exact) mass is 206 g/mol. The molecule has 0 spiro atoms. The Bertz CT molecular complexity index is 253. The average Bonchev–Trinajstić information content (AvgIpc) is 2.18. The van der Waals surface area contributed by atoms with E-state index < -0.39 is 0 Å². The molecule has 0 aliphatic carbocycles. The third-order valence-electron chi connectivity index (χ3n) is 2.75. The highest BCUT2D eigenvalue weighted by Crippen LogP contribution is 2.26. The first-order chi connectivity index (χ1) is 7.06. The molecule has 0 aromatic carbocycles. The molecule has 0 heterocycles. The van der Waals surface area contributed by atoms with Gasteiger partial charge in [-0.3, -0.25) is 0 Å². The zero-order valence-corrected chi connectivity index (χ0v) is 11.1. The van der Waals surface area contributed by atoms with Crippen molar-refractivity contribution in [3.05, 3.63) is 35.5 Å². The smallest absolute Gasteiger partial charge is 0.0188 e. The van der Waals surface area contributed by atoms with Gasteiger partial charge in [0.25, 0.3) is 0 Å². The summed E-state index contributed by atoms with van der Waals surface area (Å²) >= 11 is 0. The Hall–Kier alpha value is -0.780. The molecule has 0 aliphatic heterocycles. The molecular formula is C15H26. The van der Waals surface area contributed by atoms with Crippen LogP contribution in [-0.2, 0) is 0 Å². The molecule has 1 atom stereocenters. The molecule has 0 nitrogen and oxygen atoms in total. The third kappa shape index (κ3) is 5.01. The van der Waals surface area contributed by atoms with Crippen LogP contribution in [-0.4, -0.2) is 0 Å². The molecule has 15 heavy (non-hydrogen) atoms. The van der Waals surface area contributed by atoms with Crippen LogP contribution in [0.1, 0.15) is 53.9 Å². The molecular weight excluding hydrogens is 180 g/mol. The highest BCUT2D eigenvalue weighted by atomic mass is 14.2. The Balaban J connectivity index is 4.96. The summed E-state index contributed by atoms with van der Waals surface area (Å²) in [5.74, 6) is 0.651. The van der Waals surface area contributed by atoms with Crippen LogP contribution < -0.4 is 0 Å². The van der Waals surface area contributed by atoms with Gasteiger partial charge in [0.2, 0.25) is 0 Å². The van der Waals surface area contributed by atoms with E-state index in [2.05, 4.69) is 53.3 Å². The minimum atomic E-state index is 0.651. The van der Waals surface area contributed by atoms with Gasteiger partial charge in [0.1, 0.15) is 0 Å². The van der Waals surface area contributed by atoms with Gasteiger partial charge in [0.05, 0.1) is 0 Å². The van der Waals surface area contributed by atoms with E-state index in [9.17, 15) is 0 Å². The fourth-order valence-electron chi connectivity index (χ4n) is 1.98. The number of allylic oxidation sites excluding steroid dienone is 5. The number of hydrogen-bond acceptors (Lipinski definition) is 0. The van der Waals surface area contributed by atoms with Gasteiger partial charge in [-0.2, -0.15) is 0 Å². The van der Waals surface area contributed by atoms with Gasteiger partial charge in [0, 0.05) is 0 Å². The fourth-order valence-corrected chi connectivity index (χ4v) is 1.98. The Labute approximate surface area is 95.8 Å². The molecule has 0 aliphatic rings. The van der Waals surface area contributed by atoms with E-state index in [1.54, 1.807) is 0 Å². The van der Waals surface area contributed by atoms with Gasteiger partial charge < -0.3 is 0 Å². The Morgan fingerprint density at radius 2 is 1.93 bits per heavy atom. The Kier molecular flexibility index (Phi) is 7.11. The van der Waals surface area contributed by atoms with Crippen LogP contribution in [0.25, 0.3) is 0 Å². The molecule has 0 aromatic heterocycles. The van der Waals surface area contributed by atoms with Crippen LogP contribution in [0, 0.1) is 5.92 Å². The molecule has 0 amide bonds. The quantitative estimate of drug-likeness (QED) is 0.518. The van der Waals surface area contributed by atoms with E-state index in [0.717, 1.165) is 12.0 Å². The van der Waals surface area contributed by atoms with E-state index in [1.807, 2.05) is 0 Å². The highest BCUT2D eigenvalue weighted by molar-refractivity contribution is 5.36. The van der Waals surface area contributed by atoms with Crippen molar-refractivity contribution in [2.24, 2.45) is 5.92 Å². The second-order valence-electron chi connectivity index (χ2n) is 4.30. The predicted octanol–water partition coefficient (Wildman–Crippen LogP) is 5.28. The minimum absolute atomic E-state index is 0.651. The summed E-state index contributed by atoms with van der Waals surface area (Å²) in [5, 5.41) is 0. The maximum Gasteiger partial charge on any atom is -0.0188 e. The van der Waals surface area contributed by atoms with Crippen LogP contribution >= 0.6 is 0 Å². The molecule has 1 unspecified atom stereocenters. The molecule has 0 fully saturated rings. The lowest BCUT2D eigenvalue weighted by molar-refractivity contribution is 0.603. The van der Waals surface area contributed by atoms with E-state index in [4.69, 9.17) is 0 Å². The largest absolute Gasteiger partial charge is 0.0961 e. The molecule has 0 rings (SSSR count). The maximum absolute atomic E-state index is 3.98. The van der Waals surface area contributed by atoms with Crippen molar-refractivity contribution in [1.82, 2.24) is 0 Å². The number of rotatable bonds is 6. The SMILES string of the molecule is C=C(C)/C=C(\C(=C/C)CC)C(C)CCC. The van der Waals surface area contributed by atoms with Crippen LogP contribution in [0.2, 0.25) is 0 Å². The molecule has 0 saturated carbocycles. The summed E-state index contributed by atoms with van der Waals surface area (Å²) in [6.07, 6.45) is 8.11. The van der Waals surface area contributed by atoms with Crippen molar-refractivity contribution in [3.8, 4) is 0 Å². The molecule has 0 heteroatoms. The van der Waals surface area contributed by atoms with Gasteiger partial charge >= 0.3 is 0 Å². The Morgan fingerprint density at radius 1 is 1.33 bits per heavy atom.